The second-order valence-electron chi connectivity index (χ2n) is 6.01. The molecule has 2 aromatic heterocycles. The van der Waals surface area contributed by atoms with Gasteiger partial charge in [0.25, 0.3) is 0 Å². The molecule has 0 radical (unpaired) electrons. The highest BCUT2D eigenvalue weighted by molar-refractivity contribution is 5.85. The monoisotopic (exact) mass is 277 g/mol. The van der Waals surface area contributed by atoms with Gasteiger partial charge >= 0.3 is 0 Å². The molecule has 2 aromatic rings. The zero-order chi connectivity index (χ0) is 14.8. The Hall–Kier alpha value is -1.69. The zero-order valence-electron chi connectivity index (χ0n) is 12.6. The molecule has 1 unspecified atom stereocenters. The third-order valence-electron chi connectivity index (χ3n) is 3.43. The van der Waals surface area contributed by atoms with Crippen LogP contribution in [0.4, 0.5) is 5.82 Å². The Morgan fingerprint density at radius 1 is 1.40 bits per heavy atom. The van der Waals surface area contributed by atoms with Crippen molar-refractivity contribution in [3.8, 4) is 0 Å². The van der Waals surface area contributed by atoms with Crippen molar-refractivity contribution in [2.75, 3.05) is 11.9 Å². The highest BCUT2D eigenvalue weighted by atomic mass is 16.3. The average Bonchev–Trinajstić information content (AvgIpc) is 2.77. The predicted molar refractivity (Wildman–Crippen MR) is 79.5 cm³/mol. The number of nitrogens with one attached hydrogen (secondary N) is 1. The number of fused-ring (bicyclic) bond motifs is 1. The van der Waals surface area contributed by atoms with E-state index in [1.54, 1.807) is 10.9 Å². The minimum atomic E-state index is -0.746. The number of nitrogens with zero attached hydrogens (tertiary/aromatic N) is 4. The zero-order valence-corrected chi connectivity index (χ0v) is 12.6. The molecule has 6 heteroatoms. The van der Waals surface area contributed by atoms with E-state index in [4.69, 9.17) is 0 Å². The molecule has 0 amide bonds. The fourth-order valence-corrected chi connectivity index (χ4v) is 2.07. The van der Waals surface area contributed by atoms with Crippen LogP contribution in [0.1, 0.15) is 33.6 Å². The summed E-state index contributed by atoms with van der Waals surface area (Å²) < 4.78 is 1.71. The van der Waals surface area contributed by atoms with Gasteiger partial charge < -0.3 is 10.4 Å². The Morgan fingerprint density at radius 2 is 2.15 bits per heavy atom. The van der Waals surface area contributed by atoms with E-state index >= 15 is 0 Å². The SMILES string of the molecule is CC(C)CCC(C)(O)CNc1ncnc2c1cnn2C. The topological polar surface area (TPSA) is 75.9 Å². The standard InChI is InChI=1S/C14H23N5O/c1-10(2)5-6-14(3,20)8-15-12-11-7-18-19(4)13(11)17-9-16-12/h7,9-10,20H,5-6,8H2,1-4H3,(H,15,16,17). The second-order valence-corrected chi connectivity index (χ2v) is 6.01. The molecule has 0 bridgehead atoms. The number of rotatable bonds is 6. The lowest BCUT2D eigenvalue weighted by Gasteiger charge is -2.24. The lowest BCUT2D eigenvalue weighted by atomic mass is 9.95. The number of aryl methyl sites for hydroxylation is 1. The summed E-state index contributed by atoms with van der Waals surface area (Å²) in [6.07, 6.45) is 5.01. The third kappa shape index (κ3) is 3.45. The minimum Gasteiger partial charge on any atom is -0.388 e. The fourth-order valence-electron chi connectivity index (χ4n) is 2.07. The van der Waals surface area contributed by atoms with Crippen molar-refractivity contribution in [1.82, 2.24) is 19.7 Å². The maximum Gasteiger partial charge on any atom is 0.163 e. The Bertz CT molecular complexity index is 576. The maximum atomic E-state index is 10.4. The van der Waals surface area contributed by atoms with Crippen LogP contribution in [0.25, 0.3) is 11.0 Å². The minimum absolute atomic E-state index is 0.459. The van der Waals surface area contributed by atoms with Crippen LogP contribution in [0.2, 0.25) is 0 Å². The van der Waals surface area contributed by atoms with Gasteiger partial charge in [0.2, 0.25) is 0 Å². The molecule has 110 valence electrons. The van der Waals surface area contributed by atoms with Crippen LogP contribution in [-0.4, -0.2) is 37.0 Å². The van der Waals surface area contributed by atoms with E-state index in [0.29, 0.717) is 18.3 Å². The highest BCUT2D eigenvalue weighted by Gasteiger charge is 2.21. The molecule has 2 rings (SSSR count). The Labute approximate surface area is 119 Å². The molecule has 20 heavy (non-hydrogen) atoms. The Morgan fingerprint density at radius 3 is 2.85 bits per heavy atom. The molecule has 0 aliphatic heterocycles. The van der Waals surface area contributed by atoms with Gasteiger partial charge in [0.15, 0.2) is 5.65 Å². The summed E-state index contributed by atoms with van der Waals surface area (Å²) in [6, 6.07) is 0. The first-order chi connectivity index (χ1) is 9.39. The summed E-state index contributed by atoms with van der Waals surface area (Å²) >= 11 is 0. The Balaban J connectivity index is 2.05. The van der Waals surface area contributed by atoms with Crippen LogP contribution < -0.4 is 5.32 Å². The summed E-state index contributed by atoms with van der Waals surface area (Å²) in [5.41, 5.74) is 0.0355. The quantitative estimate of drug-likeness (QED) is 0.844. The lowest BCUT2D eigenvalue weighted by Crippen LogP contribution is -2.34. The highest BCUT2D eigenvalue weighted by Crippen LogP contribution is 2.21. The number of hydrogen-bond donors (Lipinski definition) is 2. The third-order valence-corrected chi connectivity index (χ3v) is 3.43. The molecular weight excluding hydrogens is 254 g/mol. The number of hydrogen-bond acceptors (Lipinski definition) is 5. The van der Waals surface area contributed by atoms with E-state index in [0.717, 1.165) is 23.9 Å². The second kappa shape index (κ2) is 5.75. The van der Waals surface area contributed by atoms with Gasteiger partial charge in [-0.25, -0.2) is 9.97 Å². The number of anilines is 1. The van der Waals surface area contributed by atoms with Gasteiger partial charge in [-0.3, -0.25) is 4.68 Å². The fraction of sp³-hybridized carbons (Fsp3) is 0.643. The summed E-state index contributed by atoms with van der Waals surface area (Å²) in [7, 11) is 1.85. The van der Waals surface area contributed by atoms with Crippen LogP contribution >= 0.6 is 0 Å². The van der Waals surface area contributed by atoms with Crippen LogP contribution in [-0.2, 0) is 7.05 Å². The van der Waals surface area contributed by atoms with Crippen LogP contribution in [0.15, 0.2) is 12.5 Å². The van der Waals surface area contributed by atoms with Gasteiger partial charge in [0.1, 0.15) is 12.1 Å². The molecule has 2 heterocycles. The molecule has 0 saturated heterocycles. The van der Waals surface area contributed by atoms with Gasteiger partial charge in [-0.2, -0.15) is 5.10 Å². The molecular formula is C14H23N5O. The molecule has 0 aliphatic carbocycles. The molecule has 2 N–H and O–H groups in total. The number of aliphatic hydroxyl groups is 1. The van der Waals surface area contributed by atoms with Crippen molar-refractivity contribution in [2.45, 2.75) is 39.2 Å². The average molecular weight is 277 g/mol. The molecule has 0 spiro atoms. The molecule has 1 atom stereocenters. The molecule has 0 saturated carbocycles. The van der Waals surface area contributed by atoms with Crippen molar-refractivity contribution >= 4 is 16.9 Å². The van der Waals surface area contributed by atoms with Crippen LogP contribution in [0.3, 0.4) is 0 Å². The smallest absolute Gasteiger partial charge is 0.163 e. The first kappa shape index (κ1) is 14.7. The summed E-state index contributed by atoms with van der Waals surface area (Å²) in [5, 5.41) is 18.6. The normalized spacial score (nSPS) is 14.7. The van der Waals surface area contributed by atoms with Crippen LogP contribution in [0.5, 0.6) is 0 Å². The molecule has 0 aromatic carbocycles. The summed E-state index contributed by atoms with van der Waals surface area (Å²) in [4.78, 5) is 8.42. The van der Waals surface area contributed by atoms with E-state index < -0.39 is 5.60 Å². The van der Waals surface area contributed by atoms with E-state index in [-0.39, 0.29) is 0 Å². The van der Waals surface area contributed by atoms with E-state index in [1.165, 1.54) is 6.33 Å². The summed E-state index contributed by atoms with van der Waals surface area (Å²) in [5.74, 6) is 1.30. The van der Waals surface area contributed by atoms with Crippen LogP contribution in [0, 0.1) is 5.92 Å². The number of aromatic nitrogens is 4. The first-order valence-electron chi connectivity index (χ1n) is 6.98. The van der Waals surface area contributed by atoms with Crippen molar-refractivity contribution < 1.29 is 5.11 Å². The Kier molecular flexibility index (Phi) is 4.23. The predicted octanol–water partition coefficient (Wildman–Crippen LogP) is 1.96. The van der Waals surface area contributed by atoms with Crippen molar-refractivity contribution in [1.29, 1.82) is 0 Å². The van der Waals surface area contributed by atoms with E-state index in [9.17, 15) is 5.11 Å². The maximum absolute atomic E-state index is 10.4. The first-order valence-corrected chi connectivity index (χ1v) is 6.98. The lowest BCUT2D eigenvalue weighted by molar-refractivity contribution is 0.0586. The van der Waals surface area contributed by atoms with Crippen molar-refractivity contribution in [3.05, 3.63) is 12.5 Å². The molecule has 0 fully saturated rings. The van der Waals surface area contributed by atoms with Gasteiger partial charge in [-0.1, -0.05) is 13.8 Å². The molecule has 0 aliphatic rings. The largest absolute Gasteiger partial charge is 0.388 e. The van der Waals surface area contributed by atoms with Crippen molar-refractivity contribution in [2.24, 2.45) is 13.0 Å². The van der Waals surface area contributed by atoms with Gasteiger partial charge in [-0.05, 0) is 25.7 Å². The molecule has 6 nitrogen and oxygen atoms in total. The van der Waals surface area contributed by atoms with E-state index in [1.807, 2.05) is 14.0 Å². The van der Waals surface area contributed by atoms with Gasteiger partial charge in [0, 0.05) is 13.6 Å². The van der Waals surface area contributed by atoms with Crippen molar-refractivity contribution in [3.63, 3.8) is 0 Å². The van der Waals surface area contributed by atoms with E-state index in [2.05, 4.69) is 34.2 Å². The summed E-state index contributed by atoms with van der Waals surface area (Å²) in [6.45, 7) is 6.63. The van der Waals surface area contributed by atoms with Gasteiger partial charge in [-0.15, -0.1) is 0 Å². The van der Waals surface area contributed by atoms with Gasteiger partial charge in [0.05, 0.1) is 17.2 Å².